The maximum atomic E-state index is 11.0. The molecular weight excluding hydrogens is 400 g/mol. The van der Waals surface area contributed by atoms with Crippen LogP contribution in [0.4, 0.5) is 0 Å². The van der Waals surface area contributed by atoms with Gasteiger partial charge in [-0.15, -0.1) is 0 Å². The Balaban J connectivity index is 1.79. The number of aliphatic carboxylic acids is 1. The Morgan fingerprint density at radius 1 is 1.19 bits per heavy atom. The van der Waals surface area contributed by atoms with E-state index < -0.39 is 18.2 Å². The van der Waals surface area contributed by atoms with Crippen LogP contribution in [0, 0.1) is 40.9 Å². The van der Waals surface area contributed by atoms with Crippen LogP contribution in [-0.2, 0) is 4.79 Å². The van der Waals surface area contributed by atoms with Crippen molar-refractivity contribution in [2.24, 2.45) is 29.1 Å². The molecule has 3 rings (SSSR count). The Bertz CT molecular complexity index is 711. The molecule has 4 nitrogen and oxygen atoms in total. The van der Waals surface area contributed by atoms with Crippen molar-refractivity contribution in [1.82, 2.24) is 0 Å². The van der Waals surface area contributed by atoms with Crippen LogP contribution in [0.1, 0.15) is 104 Å². The summed E-state index contributed by atoms with van der Waals surface area (Å²) in [6, 6.07) is 0. The van der Waals surface area contributed by atoms with E-state index in [1.54, 1.807) is 0 Å². The fourth-order valence-electron chi connectivity index (χ4n) is 6.99. The summed E-state index contributed by atoms with van der Waals surface area (Å²) in [7, 11) is 0. The Kier molecular flexibility index (Phi) is 9.26. The molecule has 0 aliphatic heterocycles. The third kappa shape index (κ3) is 5.60. The normalized spacial score (nSPS) is 34.8. The van der Waals surface area contributed by atoms with Crippen molar-refractivity contribution in [2.45, 2.75) is 116 Å². The molecule has 0 heterocycles. The van der Waals surface area contributed by atoms with Crippen LogP contribution < -0.4 is 0 Å². The fourth-order valence-corrected chi connectivity index (χ4v) is 6.99. The molecule has 0 bridgehead atoms. The summed E-state index contributed by atoms with van der Waals surface area (Å²) in [6.07, 6.45) is 15.3. The topological polar surface area (TPSA) is 77.8 Å². The van der Waals surface area contributed by atoms with Gasteiger partial charge < -0.3 is 15.3 Å². The molecule has 3 aliphatic carbocycles. The molecule has 4 heteroatoms. The minimum atomic E-state index is -0.748. The van der Waals surface area contributed by atoms with Crippen LogP contribution in [0.5, 0.6) is 0 Å². The van der Waals surface area contributed by atoms with Crippen LogP contribution in [0.25, 0.3) is 0 Å². The zero-order valence-corrected chi connectivity index (χ0v) is 20.2. The van der Waals surface area contributed by atoms with Gasteiger partial charge in [0, 0.05) is 6.42 Å². The number of fused-ring (bicyclic) bond motifs is 1. The van der Waals surface area contributed by atoms with Crippen molar-refractivity contribution in [3.05, 3.63) is 11.6 Å². The van der Waals surface area contributed by atoms with E-state index in [0.29, 0.717) is 18.3 Å². The summed E-state index contributed by atoms with van der Waals surface area (Å²) in [5, 5.41) is 30.7. The highest BCUT2D eigenvalue weighted by Crippen LogP contribution is 2.66. The summed E-state index contributed by atoms with van der Waals surface area (Å²) in [5.74, 6) is 6.60. The van der Waals surface area contributed by atoms with Gasteiger partial charge in [-0.1, -0.05) is 82.3 Å². The summed E-state index contributed by atoms with van der Waals surface area (Å²) in [4.78, 5) is 11.0. The Hall–Kier alpha value is -1.31. The van der Waals surface area contributed by atoms with Gasteiger partial charge in [-0.3, -0.25) is 4.79 Å². The van der Waals surface area contributed by atoms with Gasteiger partial charge >= 0.3 is 5.97 Å². The van der Waals surface area contributed by atoms with Gasteiger partial charge in [0.15, 0.2) is 0 Å². The quantitative estimate of drug-likeness (QED) is 0.242. The molecule has 0 spiro atoms. The Morgan fingerprint density at radius 3 is 2.62 bits per heavy atom. The second-order valence-corrected chi connectivity index (χ2v) is 10.6. The average Bonchev–Trinajstić information content (AvgIpc) is 2.79. The summed E-state index contributed by atoms with van der Waals surface area (Å²) < 4.78 is 0. The van der Waals surface area contributed by atoms with E-state index >= 15 is 0 Å². The van der Waals surface area contributed by atoms with Gasteiger partial charge in [0.25, 0.3) is 0 Å². The molecule has 32 heavy (non-hydrogen) atoms. The number of hydrogen-bond donors (Lipinski definition) is 3. The molecule has 0 aromatic carbocycles. The number of carboxylic acid groups (broad SMARTS) is 1. The second kappa shape index (κ2) is 11.7. The average molecular weight is 445 g/mol. The number of rotatable bonds is 9. The van der Waals surface area contributed by atoms with Crippen LogP contribution >= 0.6 is 0 Å². The fraction of sp³-hybridized carbons (Fsp3) is 0.821. The number of carboxylic acids is 1. The molecule has 2 unspecified atom stereocenters. The molecule has 6 atom stereocenters. The first-order chi connectivity index (χ1) is 15.4. The van der Waals surface area contributed by atoms with Crippen molar-refractivity contribution in [2.75, 3.05) is 0 Å². The standard InChI is InChI=1S/C28H44O4/c1-3-4-5-9-18-28-19-17-25(30)22(15-16-24(29)21-11-7-6-8-12-21)27(28)20(2)23(28)13-10-14-26(31)32/h13,20-22,24-25,27,29-30H,3-12,14,17-19H2,1-2H3,(H,31,32)/t20?,22-,24?,25+,27+,28+/m1/s1. The highest BCUT2D eigenvalue weighted by molar-refractivity contribution is 5.66. The molecule has 0 aromatic rings. The molecule has 0 amide bonds. The molecule has 0 aromatic heterocycles. The van der Waals surface area contributed by atoms with Gasteiger partial charge in [-0.2, -0.15) is 0 Å². The SMILES string of the molecule is CCCCCC[C@@]12CC[C@H](O)[C@@H](C#CC(O)C3CCCCC3)[C@@H]1C(C)C2=CCCC(=O)O. The maximum Gasteiger partial charge on any atom is 0.303 e. The van der Waals surface area contributed by atoms with Crippen LogP contribution in [0.3, 0.4) is 0 Å². The van der Waals surface area contributed by atoms with Crippen molar-refractivity contribution < 1.29 is 20.1 Å². The molecule has 0 radical (unpaired) electrons. The van der Waals surface area contributed by atoms with E-state index in [2.05, 4.69) is 31.8 Å². The van der Waals surface area contributed by atoms with Crippen molar-refractivity contribution in [1.29, 1.82) is 0 Å². The van der Waals surface area contributed by atoms with Crippen LogP contribution in [0.15, 0.2) is 11.6 Å². The Morgan fingerprint density at radius 2 is 1.94 bits per heavy atom. The minimum absolute atomic E-state index is 0.0556. The summed E-state index contributed by atoms with van der Waals surface area (Å²) >= 11 is 0. The van der Waals surface area contributed by atoms with Crippen molar-refractivity contribution in [3.8, 4) is 11.8 Å². The summed E-state index contributed by atoms with van der Waals surface area (Å²) in [5.41, 5.74) is 1.46. The number of unbranched alkanes of at least 4 members (excludes halogenated alkanes) is 3. The molecule has 3 aliphatic rings. The predicted octanol–water partition coefficient (Wildman–Crippen LogP) is 5.72. The Labute approximate surface area is 194 Å². The predicted molar refractivity (Wildman–Crippen MR) is 128 cm³/mol. The van der Waals surface area contributed by atoms with E-state index in [1.165, 1.54) is 50.5 Å². The molecule has 180 valence electrons. The first kappa shape index (κ1) is 25.3. The molecular formula is C28H44O4. The lowest BCUT2D eigenvalue weighted by molar-refractivity contribution is -0.136. The molecule has 3 saturated carbocycles. The maximum absolute atomic E-state index is 11.0. The number of aliphatic hydroxyl groups excluding tert-OH is 2. The molecule has 3 fully saturated rings. The lowest BCUT2D eigenvalue weighted by Crippen LogP contribution is -2.58. The number of hydrogen-bond acceptors (Lipinski definition) is 3. The highest BCUT2D eigenvalue weighted by atomic mass is 16.4. The zero-order chi connectivity index (χ0) is 23.1. The summed E-state index contributed by atoms with van der Waals surface area (Å²) in [6.45, 7) is 4.45. The van der Waals surface area contributed by atoms with E-state index in [-0.39, 0.29) is 23.7 Å². The highest BCUT2D eigenvalue weighted by Gasteiger charge is 2.60. The second-order valence-electron chi connectivity index (χ2n) is 10.6. The first-order valence-corrected chi connectivity index (χ1v) is 13.2. The molecule has 3 N–H and O–H groups in total. The number of aliphatic hydroxyl groups is 2. The first-order valence-electron chi connectivity index (χ1n) is 13.2. The lowest BCUT2D eigenvalue weighted by Gasteiger charge is -2.63. The lowest BCUT2D eigenvalue weighted by atomic mass is 9.41. The van der Waals surface area contributed by atoms with Gasteiger partial charge in [-0.25, -0.2) is 0 Å². The number of carbonyl (C=O) groups is 1. The van der Waals surface area contributed by atoms with Gasteiger partial charge in [0.05, 0.1) is 12.0 Å². The van der Waals surface area contributed by atoms with Gasteiger partial charge in [0.2, 0.25) is 0 Å². The smallest absolute Gasteiger partial charge is 0.303 e. The van der Waals surface area contributed by atoms with E-state index in [9.17, 15) is 15.0 Å². The zero-order valence-electron chi connectivity index (χ0n) is 20.2. The molecule has 0 saturated heterocycles. The van der Waals surface area contributed by atoms with Crippen LogP contribution in [0.2, 0.25) is 0 Å². The minimum Gasteiger partial charge on any atom is -0.481 e. The van der Waals surface area contributed by atoms with E-state index in [4.69, 9.17) is 5.11 Å². The van der Waals surface area contributed by atoms with E-state index in [1.807, 2.05) is 0 Å². The van der Waals surface area contributed by atoms with Gasteiger partial charge in [-0.05, 0) is 61.7 Å². The van der Waals surface area contributed by atoms with E-state index in [0.717, 1.165) is 32.1 Å². The third-order valence-corrected chi connectivity index (χ3v) is 8.62. The third-order valence-electron chi connectivity index (χ3n) is 8.62. The monoisotopic (exact) mass is 444 g/mol. The number of allylic oxidation sites excluding steroid dienone is 2. The van der Waals surface area contributed by atoms with Crippen molar-refractivity contribution in [3.63, 3.8) is 0 Å². The van der Waals surface area contributed by atoms with Crippen molar-refractivity contribution >= 4 is 5.97 Å². The largest absolute Gasteiger partial charge is 0.481 e. The van der Waals surface area contributed by atoms with Gasteiger partial charge in [0.1, 0.15) is 6.10 Å². The van der Waals surface area contributed by atoms with Crippen LogP contribution in [-0.4, -0.2) is 33.5 Å².